The fourth-order valence-corrected chi connectivity index (χ4v) is 6.12. The van der Waals surface area contributed by atoms with E-state index in [0.29, 0.717) is 159 Å². The van der Waals surface area contributed by atoms with Gasteiger partial charge in [0.25, 0.3) is 0 Å². The fraction of sp³-hybridized carbons (Fsp3) is 1.00. The van der Waals surface area contributed by atoms with Gasteiger partial charge in [-0.15, -0.1) is 0 Å². The molecule has 368 valence electrons. The molecule has 0 aliphatic heterocycles. The van der Waals surface area contributed by atoms with Crippen LogP contribution < -0.4 is 0 Å². The summed E-state index contributed by atoms with van der Waals surface area (Å²) in [4.78, 5) is 0. The molecule has 0 aromatic carbocycles. The Balaban J connectivity index is 3.06. The van der Waals surface area contributed by atoms with Gasteiger partial charge in [0.15, 0.2) is 0 Å². The molecule has 0 aromatic heterocycles. The lowest BCUT2D eigenvalue weighted by Crippen LogP contribution is -2.15. The highest BCUT2D eigenvalue weighted by Crippen LogP contribution is 2.13. The van der Waals surface area contributed by atoms with Crippen molar-refractivity contribution < 1.29 is 61.6 Å². The first-order valence-electron chi connectivity index (χ1n) is 24.9. The van der Waals surface area contributed by atoms with Crippen LogP contribution in [0.2, 0.25) is 0 Å². The summed E-state index contributed by atoms with van der Waals surface area (Å²) in [6.45, 7) is 19.4. The molecule has 0 saturated carbocycles. The summed E-state index contributed by atoms with van der Waals surface area (Å²) in [6, 6.07) is 0. The maximum absolute atomic E-state index is 5.70. The highest BCUT2D eigenvalue weighted by Gasteiger charge is 1.99. The summed E-state index contributed by atoms with van der Waals surface area (Å²) in [5, 5.41) is 0. The van der Waals surface area contributed by atoms with Gasteiger partial charge in [0.1, 0.15) is 0 Å². The lowest BCUT2D eigenvalue weighted by molar-refractivity contribution is -0.0290. The first kappa shape index (κ1) is 60.5. The first-order chi connectivity index (χ1) is 30.4. The van der Waals surface area contributed by atoms with Gasteiger partial charge in [-0.1, -0.05) is 129 Å². The quantitative estimate of drug-likeness (QED) is 0.0541. The van der Waals surface area contributed by atoms with Crippen molar-refractivity contribution in [1.82, 2.24) is 0 Å². The molecule has 0 aliphatic rings. The molecule has 0 amide bonds. The highest BCUT2D eigenvalue weighted by atomic mass is 16.6. The minimum atomic E-state index is 0.517. The Hall–Kier alpha value is -0.520. The lowest BCUT2D eigenvalue weighted by atomic mass is 10.0. The predicted molar refractivity (Wildman–Crippen MR) is 244 cm³/mol. The molecule has 0 N–H and O–H groups in total. The maximum Gasteiger partial charge on any atom is 0.0701 e. The van der Waals surface area contributed by atoms with Crippen LogP contribution in [0.15, 0.2) is 0 Å². The molecule has 0 unspecified atom stereocenters. The van der Waals surface area contributed by atoms with E-state index in [4.69, 9.17) is 61.6 Å². The molecular formula is C48H98O13. The Morgan fingerprint density at radius 2 is 0.246 bits per heavy atom. The van der Waals surface area contributed by atoms with Crippen LogP contribution >= 0.6 is 0 Å². The predicted octanol–water partition coefficient (Wildman–Crippen LogP) is 9.04. The van der Waals surface area contributed by atoms with E-state index >= 15 is 0 Å². The zero-order valence-electron chi connectivity index (χ0n) is 39.8. The second-order valence-corrected chi connectivity index (χ2v) is 15.3. The van der Waals surface area contributed by atoms with Crippen molar-refractivity contribution in [3.63, 3.8) is 0 Å². The average Bonchev–Trinajstić information content (AvgIpc) is 3.27. The normalized spacial score (nSPS) is 11.7. The van der Waals surface area contributed by atoms with E-state index in [-0.39, 0.29) is 0 Å². The van der Waals surface area contributed by atoms with Crippen molar-refractivity contribution in [3.8, 4) is 0 Å². The molecule has 0 bridgehead atoms. The number of rotatable bonds is 58. The smallest absolute Gasteiger partial charge is 0.0701 e. The monoisotopic (exact) mass is 883 g/mol. The van der Waals surface area contributed by atoms with Crippen molar-refractivity contribution in [3.05, 3.63) is 0 Å². The summed E-state index contributed by atoms with van der Waals surface area (Å²) in [6.07, 6.45) is 27.1. The van der Waals surface area contributed by atoms with Crippen molar-refractivity contribution in [2.24, 2.45) is 0 Å². The SMILES string of the molecule is CCCCCCCCCCCCCCCCCCOCCOCCOCCOCCOCCOCCOCCOCCOCCOCCOCCOCCOCCCCCC. The second kappa shape index (κ2) is 59.5. The largest absolute Gasteiger partial charge is 0.379 e. The third-order valence-corrected chi connectivity index (χ3v) is 9.75. The van der Waals surface area contributed by atoms with E-state index in [1.807, 2.05) is 0 Å². The Labute approximate surface area is 374 Å². The molecule has 0 fully saturated rings. The molecule has 0 aliphatic carbocycles. The van der Waals surface area contributed by atoms with Crippen LogP contribution in [0.25, 0.3) is 0 Å². The summed E-state index contributed by atoms with van der Waals surface area (Å²) in [5.41, 5.74) is 0. The third-order valence-electron chi connectivity index (χ3n) is 9.75. The van der Waals surface area contributed by atoms with Gasteiger partial charge in [-0.2, -0.15) is 0 Å². The minimum absolute atomic E-state index is 0.517. The van der Waals surface area contributed by atoms with Crippen LogP contribution in [0.4, 0.5) is 0 Å². The van der Waals surface area contributed by atoms with E-state index in [1.54, 1.807) is 0 Å². The average molecular weight is 883 g/mol. The first-order valence-corrected chi connectivity index (χ1v) is 24.9. The topological polar surface area (TPSA) is 120 Å². The number of hydrogen-bond donors (Lipinski definition) is 0. The molecular weight excluding hydrogens is 785 g/mol. The number of unbranched alkanes of at least 4 members (excludes halogenated alkanes) is 18. The summed E-state index contributed by atoms with van der Waals surface area (Å²) >= 11 is 0. The number of ether oxygens (including phenoxy) is 13. The van der Waals surface area contributed by atoms with E-state index in [9.17, 15) is 0 Å². The summed E-state index contributed by atoms with van der Waals surface area (Å²) < 4.78 is 72.1. The zero-order valence-corrected chi connectivity index (χ0v) is 39.8. The Bertz CT molecular complexity index is 682. The molecule has 0 aromatic rings. The molecule has 0 saturated heterocycles. The van der Waals surface area contributed by atoms with Crippen LogP contribution in [-0.4, -0.2) is 172 Å². The van der Waals surface area contributed by atoms with Crippen LogP contribution in [0, 0.1) is 0 Å². The van der Waals surface area contributed by atoms with E-state index in [0.717, 1.165) is 26.1 Å². The van der Waals surface area contributed by atoms with Gasteiger partial charge < -0.3 is 61.6 Å². The third kappa shape index (κ3) is 59.5. The van der Waals surface area contributed by atoms with Gasteiger partial charge in [0.05, 0.1) is 159 Å². The minimum Gasteiger partial charge on any atom is -0.379 e. The van der Waals surface area contributed by atoms with Crippen molar-refractivity contribution >= 4 is 0 Å². The van der Waals surface area contributed by atoms with Gasteiger partial charge in [-0.05, 0) is 12.8 Å². The molecule has 13 nitrogen and oxygen atoms in total. The van der Waals surface area contributed by atoms with Crippen LogP contribution in [0.3, 0.4) is 0 Å². The maximum atomic E-state index is 5.70. The Morgan fingerprint density at radius 3 is 0.410 bits per heavy atom. The van der Waals surface area contributed by atoms with Gasteiger partial charge >= 0.3 is 0 Å². The van der Waals surface area contributed by atoms with Crippen molar-refractivity contribution in [2.45, 2.75) is 142 Å². The van der Waals surface area contributed by atoms with Gasteiger partial charge in [-0.25, -0.2) is 0 Å². The lowest BCUT2D eigenvalue weighted by Gasteiger charge is -2.09. The van der Waals surface area contributed by atoms with Crippen molar-refractivity contribution in [2.75, 3.05) is 172 Å². The van der Waals surface area contributed by atoms with Gasteiger partial charge in [0, 0.05) is 13.2 Å². The van der Waals surface area contributed by atoms with Crippen LogP contribution in [0.5, 0.6) is 0 Å². The van der Waals surface area contributed by atoms with E-state index in [1.165, 1.54) is 116 Å². The summed E-state index contributed by atoms with van der Waals surface area (Å²) in [7, 11) is 0. The van der Waals surface area contributed by atoms with Gasteiger partial charge in [0.2, 0.25) is 0 Å². The zero-order chi connectivity index (χ0) is 43.7. The van der Waals surface area contributed by atoms with Gasteiger partial charge in [-0.3, -0.25) is 0 Å². The van der Waals surface area contributed by atoms with Crippen molar-refractivity contribution in [1.29, 1.82) is 0 Å². The highest BCUT2D eigenvalue weighted by molar-refractivity contribution is 4.50. The molecule has 0 heterocycles. The molecule has 0 atom stereocenters. The van der Waals surface area contributed by atoms with E-state index < -0.39 is 0 Å². The molecule has 13 heteroatoms. The standard InChI is InChI=1S/C48H98O13/c1-3-5-7-9-10-11-12-13-14-15-16-17-18-19-20-22-24-50-26-28-52-30-32-54-34-36-56-38-40-58-42-44-60-46-48-61-47-45-59-43-41-57-39-37-55-35-33-53-31-29-51-27-25-49-23-21-8-6-4-2/h3-48H2,1-2H3. The Kier molecular flexibility index (Phi) is 59.0. The fourth-order valence-electron chi connectivity index (χ4n) is 6.12. The second-order valence-electron chi connectivity index (χ2n) is 15.3. The van der Waals surface area contributed by atoms with Crippen LogP contribution in [0.1, 0.15) is 142 Å². The number of hydrogen-bond acceptors (Lipinski definition) is 13. The van der Waals surface area contributed by atoms with E-state index in [2.05, 4.69) is 13.8 Å². The molecule has 61 heavy (non-hydrogen) atoms. The molecule has 0 spiro atoms. The summed E-state index contributed by atoms with van der Waals surface area (Å²) in [5.74, 6) is 0. The molecule has 0 rings (SSSR count). The molecule has 0 radical (unpaired) electrons. The van der Waals surface area contributed by atoms with Crippen LogP contribution in [-0.2, 0) is 61.6 Å². The Morgan fingerprint density at radius 1 is 0.131 bits per heavy atom.